The van der Waals surface area contributed by atoms with Crippen molar-refractivity contribution in [2.45, 2.75) is 30.7 Å². The quantitative estimate of drug-likeness (QED) is 0.314. The number of benzene rings is 1. The highest BCUT2D eigenvalue weighted by atomic mass is 35.5. The second kappa shape index (κ2) is 8.91. The maximum Gasteiger partial charge on any atom is 0.269 e. The zero-order chi connectivity index (χ0) is 26.6. The van der Waals surface area contributed by atoms with Crippen molar-refractivity contribution in [3.8, 4) is 17.3 Å². The summed E-state index contributed by atoms with van der Waals surface area (Å²) < 4.78 is 55.1. The summed E-state index contributed by atoms with van der Waals surface area (Å²) in [6, 6.07) is 10.2. The second-order valence-electron chi connectivity index (χ2n) is 8.91. The molecule has 0 N–H and O–H groups in total. The molecule has 1 aromatic carbocycles. The zero-order valence-corrected chi connectivity index (χ0v) is 22.3. The topological polar surface area (TPSA) is 144 Å². The first kappa shape index (κ1) is 25.3. The van der Waals surface area contributed by atoms with Gasteiger partial charge in [-0.05, 0) is 43.6 Å². The van der Waals surface area contributed by atoms with Crippen LogP contribution in [0.1, 0.15) is 18.9 Å². The molecule has 4 aromatic rings. The molecule has 5 rings (SSSR count). The van der Waals surface area contributed by atoms with Crippen LogP contribution in [0.15, 0.2) is 53.8 Å². The van der Waals surface area contributed by atoms with Crippen LogP contribution >= 0.6 is 11.6 Å². The first-order valence-corrected chi connectivity index (χ1v) is 14.7. The molecule has 0 aliphatic carbocycles. The van der Waals surface area contributed by atoms with Gasteiger partial charge in [-0.3, -0.25) is 4.68 Å². The molecule has 3 aromatic heterocycles. The number of rotatable bonds is 7. The lowest BCUT2D eigenvalue weighted by Gasteiger charge is -2.47. The average molecular weight is 560 g/mol. The maximum atomic E-state index is 13.3. The molecule has 1 fully saturated rings. The molecule has 1 aliphatic heterocycles. The Hall–Kier alpha value is -3.31. The van der Waals surface area contributed by atoms with Gasteiger partial charge in [0.2, 0.25) is 15.3 Å². The fourth-order valence-corrected chi connectivity index (χ4v) is 7.08. The maximum absolute atomic E-state index is 13.3. The van der Waals surface area contributed by atoms with E-state index >= 15 is 0 Å². The molecule has 192 valence electrons. The van der Waals surface area contributed by atoms with Crippen molar-refractivity contribution in [1.29, 1.82) is 5.26 Å². The number of nitrogens with zero attached hydrogens (tertiary/aromatic N) is 7. The van der Waals surface area contributed by atoms with Crippen LogP contribution in [0.4, 0.5) is 0 Å². The third kappa shape index (κ3) is 4.19. The van der Waals surface area contributed by atoms with E-state index in [1.165, 1.54) is 28.8 Å². The Kier molecular flexibility index (Phi) is 6.11. The number of hydrogen-bond donors (Lipinski definition) is 0. The number of sulfonamides is 1. The van der Waals surface area contributed by atoms with Crippen molar-refractivity contribution in [1.82, 2.24) is 28.0 Å². The summed E-state index contributed by atoms with van der Waals surface area (Å²) in [7, 11) is -7.34. The molecular formula is C23H22ClN7O4S2. The van der Waals surface area contributed by atoms with Crippen LogP contribution in [0.3, 0.4) is 0 Å². The lowest BCUT2D eigenvalue weighted by atomic mass is 9.89. The minimum absolute atomic E-state index is 0.0279. The highest BCUT2D eigenvalue weighted by Gasteiger charge is 2.49. The molecule has 0 radical (unpaired) electrons. The van der Waals surface area contributed by atoms with Crippen LogP contribution in [0.25, 0.3) is 22.3 Å². The van der Waals surface area contributed by atoms with Crippen molar-refractivity contribution in [3.63, 3.8) is 0 Å². The van der Waals surface area contributed by atoms with Crippen molar-refractivity contribution < 1.29 is 16.8 Å². The Morgan fingerprint density at radius 2 is 1.81 bits per heavy atom. The fraction of sp³-hybridized carbons (Fsp3) is 0.304. The fourth-order valence-electron chi connectivity index (χ4n) is 4.38. The van der Waals surface area contributed by atoms with Gasteiger partial charge < -0.3 is 0 Å². The number of nitriles is 1. The first-order chi connectivity index (χ1) is 17.5. The summed E-state index contributed by atoms with van der Waals surface area (Å²) in [6.45, 7) is 3.69. The van der Waals surface area contributed by atoms with Crippen LogP contribution in [-0.2, 0) is 25.6 Å². The largest absolute Gasteiger partial charge is 0.269 e. The van der Waals surface area contributed by atoms with Gasteiger partial charge in [0.15, 0.2) is 5.65 Å². The zero-order valence-electron chi connectivity index (χ0n) is 19.9. The Balaban J connectivity index is 1.56. The highest BCUT2D eigenvalue weighted by molar-refractivity contribution is 7.90. The predicted octanol–water partition coefficient (Wildman–Crippen LogP) is 2.77. The molecule has 14 heteroatoms. The Bertz CT molecular complexity index is 1770. The van der Waals surface area contributed by atoms with Gasteiger partial charge in [-0.25, -0.2) is 25.8 Å². The van der Waals surface area contributed by atoms with E-state index in [1.54, 1.807) is 36.0 Å². The van der Waals surface area contributed by atoms with Crippen LogP contribution < -0.4 is 0 Å². The van der Waals surface area contributed by atoms with Crippen LogP contribution in [0.2, 0.25) is 5.28 Å². The molecule has 1 aliphatic rings. The second-order valence-corrected chi connectivity index (χ2v) is 13.3. The average Bonchev–Trinajstić information content (AvgIpc) is 3.49. The SMILES string of the molecule is CCS(=O)(=O)N1CC(CC#N)(n2cc(-c3nc(Cl)nc4c3ccn4S(=O)(=O)c3ccc(C)cc3)cn2)C1. The van der Waals surface area contributed by atoms with Gasteiger partial charge in [-0.1, -0.05) is 17.7 Å². The monoisotopic (exact) mass is 559 g/mol. The van der Waals surface area contributed by atoms with E-state index in [2.05, 4.69) is 21.1 Å². The van der Waals surface area contributed by atoms with E-state index in [4.69, 9.17) is 11.6 Å². The third-order valence-electron chi connectivity index (χ3n) is 6.51. The molecular weight excluding hydrogens is 538 g/mol. The van der Waals surface area contributed by atoms with E-state index in [9.17, 15) is 22.1 Å². The van der Waals surface area contributed by atoms with Gasteiger partial charge in [-0.15, -0.1) is 0 Å². The van der Waals surface area contributed by atoms with Crippen LogP contribution in [0.5, 0.6) is 0 Å². The Labute approximate surface area is 219 Å². The minimum atomic E-state index is -3.95. The van der Waals surface area contributed by atoms with Crippen LogP contribution in [-0.4, -0.2) is 63.7 Å². The van der Waals surface area contributed by atoms with Gasteiger partial charge in [0, 0.05) is 36.4 Å². The first-order valence-electron chi connectivity index (χ1n) is 11.3. The molecule has 37 heavy (non-hydrogen) atoms. The van der Waals surface area contributed by atoms with Gasteiger partial charge >= 0.3 is 0 Å². The van der Waals surface area contributed by atoms with Crippen molar-refractivity contribution in [2.24, 2.45) is 0 Å². The minimum Gasteiger partial charge on any atom is -0.262 e. The van der Waals surface area contributed by atoms with Gasteiger partial charge in [0.25, 0.3) is 10.0 Å². The smallest absolute Gasteiger partial charge is 0.262 e. The van der Waals surface area contributed by atoms with E-state index in [0.29, 0.717) is 16.6 Å². The number of aromatic nitrogens is 5. The molecule has 11 nitrogen and oxygen atoms in total. The molecule has 0 amide bonds. The summed E-state index contributed by atoms with van der Waals surface area (Å²) >= 11 is 6.22. The van der Waals surface area contributed by atoms with Gasteiger partial charge in [0.1, 0.15) is 5.54 Å². The molecule has 0 bridgehead atoms. The van der Waals surface area contributed by atoms with Crippen molar-refractivity contribution >= 4 is 42.7 Å². The summed E-state index contributed by atoms with van der Waals surface area (Å²) in [5, 5.41) is 14.1. The number of halogens is 1. The molecule has 0 saturated carbocycles. The van der Waals surface area contributed by atoms with E-state index in [0.717, 1.165) is 9.54 Å². The Morgan fingerprint density at radius 3 is 2.46 bits per heavy atom. The number of hydrogen-bond acceptors (Lipinski definition) is 8. The lowest BCUT2D eigenvalue weighted by Crippen LogP contribution is -2.64. The van der Waals surface area contributed by atoms with Gasteiger partial charge in [-0.2, -0.15) is 19.6 Å². The van der Waals surface area contributed by atoms with Crippen molar-refractivity contribution in [3.05, 3.63) is 59.8 Å². The number of aryl methyl sites for hydroxylation is 1. The lowest BCUT2D eigenvalue weighted by molar-refractivity contribution is 0.0719. The van der Waals surface area contributed by atoms with E-state index in [-0.39, 0.29) is 41.1 Å². The van der Waals surface area contributed by atoms with Crippen molar-refractivity contribution in [2.75, 3.05) is 18.8 Å². The molecule has 4 heterocycles. The Morgan fingerprint density at radius 1 is 1.11 bits per heavy atom. The molecule has 0 unspecified atom stereocenters. The summed E-state index contributed by atoms with van der Waals surface area (Å²) in [6.07, 6.45) is 4.65. The summed E-state index contributed by atoms with van der Waals surface area (Å²) in [5.74, 6) is -0.0279. The third-order valence-corrected chi connectivity index (χ3v) is 10.1. The van der Waals surface area contributed by atoms with Crippen LogP contribution in [0, 0.1) is 18.3 Å². The highest BCUT2D eigenvalue weighted by Crippen LogP contribution is 2.36. The standard InChI is InChI=1S/C23H22ClN7O4S2/c1-3-36(32,33)29-14-23(15-29,9-10-25)31-13-17(12-26-31)20-19-8-11-30(21(19)28-22(24)27-20)37(34,35)18-6-4-16(2)5-7-18/h4-8,11-13H,3,9,14-15H2,1-2H3. The summed E-state index contributed by atoms with van der Waals surface area (Å²) in [4.78, 5) is 8.62. The molecule has 1 saturated heterocycles. The number of fused-ring (bicyclic) bond motifs is 1. The molecule has 0 atom stereocenters. The summed E-state index contributed by atoms with van der Waals surface area (Å²) in [5.41, 5.74) is 1.11. The van der Waals surface area contributed by atoms with Gasteiger partial charge in [0.05, 0.1) is 35.0 Å². The van der Waals surface area contributed by atoms with E-state index < -0.39 is 25.6 Å². The molecule has 0 spiro atoms. The van der Waals surface area contributed by atoms with E-state index in [1.807, 2.05) is 6.92 Å². The predicted molar refractivity (Wildman–Crippen MR) is 137 cm³/mol. The normalized spacial score (nSPS) is 15.9.